The molecule has 6 nitrogen and oxygen atoms in total. The maximum Gasteiger partial charge on any atom is 0.294 e. The van der Waals surface area contributed by atoms with Crippen LogP contribution >= 0.6 is 22.7 Å². The lowest BCUT2D eigenvalue weighted by molar-refractivity contribution is 0.304. The van der Waals surface area contributed by atoms with Crippen LogP contribution in [0.5, 0.6) is 0 Å². The third kappa shape index (κ3) is 3.96. The minimum absolute atomic E-state index is 0.112. The molecule has 0 saturated heterocycles. The van der Waals surface area contributed by atoms with Gasteiger partial charge >= 0.3 is 0 Å². The molecule has 10 heteroatoms. The van der Waals surface area contributed by atoms with Gasteiger partial charge in [-0.05, 0) is 46.3 Å². The Hall–Kier alpha value is -2.26. The van der Waals surface area contributed by atoms with Crippen molar-refractivity contribution in [2.24, 2.45) is 0 Å². The Morgan fingerprint density at radius 2 is 1.78 bits per heavy atom. The van der Waals surface area contributed by atoms with Gasteiger partial charge in [0.15, 0.2) is 0 Å². The van der Waals surface area contributed by atoms with Gasteiger partial charge in [0.1, 0.15) is 8.07 Å². The fourth-order valence-electron chi connectivity index (χ4n) is 3.85. The molecule has 0 fully saturated rings. The van der Waals surface area contributed by atoms with E-state index in [2.05, 4.69) is 36.2 Å². The van der Waals surface area contributed by atoms with E-state index in [0.717, 1.165) is 9.88 Å². The van der Waals surface area contributed by atoms with E-state index in [4.69, 9.17) is 4.55 Å². The molecule has 3 aromatic rings. The van der Waals surface area contributed by atoms with Crippen LogP contribution in [0.4, 0.5) is 5.00 Å². The quantitative estimate of drug-likeness (QED) is 0.305. The fourth-order valence-corrected chi connectivity index (χ4v) is 11.5. The summed E-state index contributed by atoms with van der Waals surface area (Å²) < 4.78 is 31.7. The first-order valence-corrected chi connectivity index (χ1v) is 15.9. The number of allylic oxidation sites excluding steroid dienone is 1. The number of fused-ring (bicyclic) bond motifs is 3. The molecule has 1 aliphatic heterocycles. The van der Waals surface area contributed by atoms with Crippen LogP contribution in [0.25, 0.3) is 21.4 Å². The Labute approximate surface area is 196 Å². The molecule has 3 heterocycles. The molecule has 0 bridgehead atoms. The number of rotatable bonds is 6. The first kappa shape index (κ1) is 22.9. The molecule has 0 aliphatic carbocycles. The second-order valence-corrected chi connectivity index (χ2v) is 16.0. The highest BCUT2D eigenvalue weighted by Crippen LogP contribution is 2.42. The molecule has 0 radical (unpaired) electrons. The molecule has 0 atom stereocenters. The summed E-state index contributed by atoms with van der Waals surface area (Å²) in [6, 6.07) is 12.3. The molecule has 4 rings (SSSR count). The van der Waals surface area contributed by atoms with Gasteiger partial charge in [-0.25, -0.2) is 0 Å². The standard InChI is InChI=1S/C22H22N2O4S3Si/c1-24(8-9-25)20-12-19-22(30-20)21-18(32(19,2)3)11-16(29-21)10-15(13-23)14-4-6-17(7-5-14)31(26,27)28/h4-7,10-12,25H,8-9H2,1-3H3,(H,26,27,28)/b15-10+. The van der Waals surface area contributed by atoms with E-state index in [9.17, 15) is 18.8 Å². The fraction of sp³-hybridized carbons (Fsp3) is 0.227. The lowest BCUT2D eigenvalue weighted by Gasteiger charge is -2.18. The van der Waals surface area contributed by atoms with Gasteiger partial charge in [0.05, 0.1) is 28.1 Å². The highest BCUT2D eigenvalue weighted by Gasteiger charge is 2.41. The Bertz CT molecular complexity index is 1360. The zero-order valence-electron chi connectivity index (χ0n) is 17.8. The van der Waals surface area contributed by atoms with Gasteiger partial charge in [-0.15, -0.1) is 22.7 Å². The lowest BCUT2D eigenvalue weighted by atomic mass is 10.1. The summed E-state index contributed by atoms with van der Waals surface area (Å²) >= 11 is 3.41. The van der Waals surface area contributed by atoms with Crippen LogP contribution in [0.1, 0.15) is 10.4 Å². The largest absolute Gasteiger partial charge is 0.395 e. The van der Waals surface area contributed by atoms with Gasteiger partial charge < -0.3 is 10.0 Å². The van der Waals surface area contributed by atoms with Crippen molar-refractivity contribution in [3.63, 3.8) is 0 Å². The van der Waals surface area contributed by atoms with Gasteiger partial charge in [0, 0.05) is 28.2 Å². The number of likely N-dealkylation sites (N-methyl/N-ethyl adjacent to an activating group) is 1. The Morgan fingerprint density at radius 1 is 1.16 bits per heavy atom. The Morgan fingerprint density at radius 3 is 2.38 bits per heavy atom. The van der Waals surface area contributed by atoms with Gasteiger partial charge in [0.2, 0.25) is 0 Å². The van der Waals surface area contributed by atoms with Gasteiger partial charge in [-0.1, -0.05) is 25.2 Å². The van der Waals surface area contributed by atoms with Crippen LogP contribution in [0.15, 0.2) is 41.3 Å². The van der Waals surface area contributed by atoms with Crippen molar-refractivity contribution in [3.8, 4) is 15.8 Å². The predicted octanol–water partition coefficient (Wildman–Crippen LogP) is 3.35. The summed E-state index contributed by atoms with van der Waals surface area (Å²) in [7, 11) is -4.13. The summed E-state index contributed by atoms with van der Waals surface area (Å²) in [6.45, 7) is 5.37. The second-order valence-electron chi connectivity index (χ2n) is 8.16. The van der Waals surface area contributed by atoms with E-state index in [1.807, 2.05) is 13.1 Å². The summed E-state index contributed by atoms with van der Waals surface area (Å²) in [5.74, 6) is 0. The van der Waals surface area contributed by atoms with Crippen LogP contribution < -0.4 is 15.3 Å². The molecule has 0 saturated carbocycles. The average Bonchev–Trinajstić information content (AvgIpc) is 3.40. The number of anilines is 1. The number of nitrogens with zero attached hydrogens (tertiary/aromatic N) is 2. The van der Waals surface area contributed by atoms with Crippen LogP contribution in [-0.2, 0) is 10.1 Å². The summed E-state index contributed by atoms with van der Waals surface area (Å²) in [4.78, 5) is 5.41. The third-order valence-electron chi connectivity index (χ3n) is 5.70. The van der Waals surface area contributed by atoms with Crippen LogP contribution in [0.3, 0.4) is 0 Å². The SMILES string of the molecule is CN(CCO)c1cc2c(s1)-c1sc(/C=C(\C#N)c3ccc(S(=O)(=O)O)cc3)cc1[Si]2(C)C. The van der Waals surface area contributed by atoms with E-state index in [0.29, 0.717) is 17.7 Å². The minimum Gasteiger partial charge on any atom is -0.395 e. The Balaban J connectivity index is 1.71. The Kier molecular flexibility index (Phi) is 5.91. The summed E-state index contributed by atoms with van der Waals surface area (Å²) in [5.41, 5.74) is 1.02. The minimum atomic E-state index is -4.27. The number of nitriles is 1. The van der Waals surface area contributed by atoms with Gasteiger partial charge in [-0.2, -0.15) is 13.7 Å². The number of aliphatic hydroxyl groups excluding tert-OH is 1. The van der Waals surface area contributed by atoms with E-state index in [-0.39, 0.29) is 11.5 Å². The first-order chi connectivity index (χ1) is 15.1. The highest BCUT2D eigenvalue weighted by atomic mass is 32.2. The molecule has 2 aromatic heterocycles. The molecule has 1 aromatic carbocycles. The van der Waals surface area contributed by atoms with Crippen molar-refractivity contribution in [3.05, 3.63) is 46.8 Å². The van der Waals surface area contributed by atoms with Gasteiger partial charge in [0.25, 0.3) is 10.1 Å². The number of hydrogen-bond acceptors (Lipinski definition) is 7. The molecule has 166 valence electrons. The second kappa shape index (κ2) is 8.26. The topological polar surface area (TPSA) is 102 Å². The highest BCUT2D eigenvalue weighted by molar-refractivity contribution is 7.85. The van der Waals surface area contributed by atoms with Crippen LogP contribution in [0.2, 0.25) is 13.1 Å². The van der Waals surface area contributed by atoms with Crippen molar-refractivity contribution >= 4 is 67.9 Å². The van der Waals surface area contributed by atoms with Crippen molar-refractivity contribution < 1.29 is 18.1 Å². The summed E-state index contributed by atoms with van der Waals surface area (Å²) in [6.07, 6.45) is 1.84. The van der Waals surface area contributed by atoms with E-state index in [1.54, 1.807) is 22.7 Å². The van der Waals surface area contributed by atoms with Gasteiger partial charge in [-0.3, -0.25) is 4.55 Å². The summed E-state index contributed by atoms with van der Waals surface area (Å²) in [5, 5.41) is 22.9. The predicted molar refractivity (Wildman–Crippen MR) is 134 cm³/mol. The van der Waals surface area contributed by atoms with Crippen molar-refractivity contribution in [1.29, 1.82) is 5.26 Å². The van der Waals surface area contributed by atoms with Crippen molar-refractivity contribution in [1.82, 2.24) is 0 Å². The normalized spacial score (nSPS) is 14.7. The average molecular weight is 503 g/mol. The van der Waals surface area contributed by atoms with Crippen LogP contribution in [0, 0.1) is 11.3 Å². The maximum absolute atomic E-state index is 11.3. The molecule has 0 amide bonds. The molecular weight excluding hydrogens is 481 g/mol. The lowest BCUT2D eigenvalue weighted by Crippen LogP contribution is -2.48. The monoisotopic (exact) mass is 502 g/mol. The molecule has 2 N–H and O–H groups in total. The molecule has 0 spiro atoms. The third-order valence-corrected chi connectivity index (χ3v) is 12.9. The molecule has 32 heavy (non-hydrogen) atoms. The van der Waals surface area contributed by atoms with Crippen molar-refractivity contribution in [2.45, 2.75) is 18.0 Å². The molecule has 1 aliphatic rings. The molecular formula is C22H22N2O4S3Si. The van der Waals surface area contributed by atoms with E-state index in [1.165, 1.54) is 44.4 Å². The first-order valence-electron chi connectivity index (χ1n) is 9.87. The van der Waals surface area contributed by atoms with Crippen LogP contribution in [-0.4, -0.2) is 46.4 Å². The maximum atomic E-state index is 11.3. The number of hydrogen-bond donors (Lipinski definition) is 2. The van der Waals surface area contributed by atoms with E-state index >= 15 is 0 Å². The van der Waals surface area contributed by atoms with E-state index < -0.39 is 18.2 Å². The number of thiophene rings is 2. The smallest absolute Gasteiger partial charge is 0.294 e. The zero-order chi connectivity index (χ0) is 23.3. The molecule has 0 unspecified atom stereocenters. The number of aliphatic hydroxyl groups is 1. The number of benzene rings is 1. The zero-order valence-corrected chi connectivity index (χ0v) is 21.2. The van der Waals surface area contributed by atoms with Crippen molar-refractivity contribution in [2.75, 3.05) is 25.1 Å².